The second-order valence-electron chi connectivity index (χ2n) is 7.66. The number of unbranched alkanes of at least 4 members (excludes halogenated alkanes) is 1. The number of aryl methyl sites for hydroxylation is 1. The van der Waals surface area contributed by atoms with Gasteiger partial charge in [0.25, 0.3) is 0 Å². The summed E-state index contributed by atoms with van der Waals surface area (Å²) in [6.45, 7) is 3.17. The summed E-state index contributed by atoms with van der Waals surface area (Å²) in [7, 11) is 0. The molecule has 2 aromatic carbocycles. The number of benzene rings is 2. The van der Waals surface area contributed by atoms with Crippen molar-refractivity contribution in [3.63, 3.8) is 0 Å². The van der Waals surface area contributed by atoms with Crippen LogP contribution in [-0.2, 0) is 17.9 Å². The van der Waals surface area contributed by atoms with E-state index in [0.717, 1.165) is 35.8 Å². The highest BCUT2D eigenvalue weighted by Crippen LogP contribution is 2.27. The lowest BCUT2D eigenvalue weighted by molar-refractivity contribution is -0.129. The Morgan fingerprint density at radius 1 is 1.22 bits per heavy atom. The fourth-order valence-electron chi connectivity index (χ4n) is 3.85. The van der Waals surface area contributed by atoms with Crippen LogP contribution in [0.3, 0.4) is 0 Å². The van der Waals surface area contributed by atoms with E-state index in [0.29, 0.717) is 40.7 Å². The number of anilines is 1. The van der Waals surface area contributed by atoms with Gasteiger partial charge in [0, 0.05) is 37.0 Å². The van der Waals surface area contributed by atoms with Crippen molar-refractivity contribution in [2.75, 3.05) is 12.3 Å². The Morgan fingerprint density at radius 2 is 2.03 bits per heavy atom. The lowest BCUT2D eigenvalue weighted by Gasteiger charge is -2.22. The first kappa shape index (κ1) is 21.7. The molecule has 0 fully saturated rings. The Labute approximate surface area is 190 Å². The molecule has 0 saturated heterocycles. The third-order valence-electron chi connectivity index (χ3n) is 5.50. The molecule has 2 heterocycles. The first-order valence-corrected chi connectivity index (χ1v) is 10.7. The van der Waals surface area contributed by atoms with Crippen LogP contribution < -0.4 is 5.73 Å². The molecule has 164 valence electrons. The number of amides is 1. The maximum absolute atomic E-state index is 12.2. The number of aromatic nitrogens is 3. The second-order valence-corrected chi connectivity index (χ2v) is 8.07. The van der Waals surface area contributed by atoms with Gasteiger partial charge >= 0.3 is 0 Å². The third kappa shape index (κ3) is 4.40. The largest absolute Gasteiger partial charge is 0.382 e. The Balaban J connectivity index is 1.44. The van der Waals surface area contributed by atoms with Crippen molar-refractivity contribution in [3.8, 4) is 0 Å². The molecular weight excluding hydrogens is 428 g/mol. The van der Waals surface area contributed by atoms with Gasteiger partial charge in [0.15, 0.2) is 5.82 Å². The summed E-state index contributed by atoms with van der Waals surface area (Å²) in [5, 5.41) is 4.46. The number of imidazole rings is 1. The van der Waals surface area contributed by atoms with Crippen LogP contribution in [0.1, 0.15) is 25.3 Å². The first-order valence-electron chi connectivity index (χ1n) is 10.3. The molecule has 0 aliphatic carbocycles. The first-order chi connectivity index (χ1) is 15.5. The lowest BCUT2D eigenvalue weighted by Crippen LogP contribution is -2.29. The van der Waals surface area contributed by atoms with Gasteiger partial charge in [-0.2, -0.15) is 0 Å². The molecule has 0 aliphatic heterocycles. The fourth-order valence-corrected chi connectivity index (χ4v) is 4.03. The maximum atomic E-state index is 12.2. The molecule has 0 spiro atoms. The summed E-state index contributed by atoms with van der Waals surface area (Å²) in [6.07, 6.45) is 3.42. The van der Waals surface area contributed by atoms with Crippen molar-refractivity contribution >= 4 is 50.9 Å². The fraction of sp³-hybridized carbons (Fsp3) is 0.261. The van der Waals surface area contributed by atoms with E-state index in [1.165, 1.54) is 6.92 Å². The number of nitrogens with two attached hydrogens (primary N) is 1. The van der Waals surface area contributed by atoms with Crippen LogP contribution in [0, 0.1) is 4.91 Å². The highest BCUT2D eigenvalue weighted by Gasteiger charge is 2.14. The Bertz CT molecular complexity index is 1300. The highest BCUT2D eigenvalue weighted by atomic mass is 35.5. The monoisotopic (exact) mass is 450 g/mol. The van der Waals surface area contributed by atoms with E-state index in [1.807, 2.05) is 24.3 Å². The van der Waals surface area contributed by atoms with E-state index in [9.17, 15) is 9.70 Å². The summed E-state index contributed by atoms with van der Waals surface area (Å²) in [6, 6.07) is 12.7. The van der Waals surface area contributed by atoms with Crippen molar-refractivity contribution in [1.82, 2.24) is 19.4 Å². The molecule has 1 amide bonds. The van der Waals surface area contributed by atoms with Crippen molar-refractivity contribution in [2.24, 2.45) is 5.18 Å². The average molecular weight is 451 g/mol. The van der Waals surface area contributed by atoms with Gasteiger partial charge in [0.05, 0.1) is 17.4 Å². The summed E-state index contributed by atoms with van der Waals surface area (Å²) in [5.41, 5.74) is 9.61. The molecule has 2 N–H and O–H groups in total. The summed E-state index contributed by atoms with van der Waals surface area (Å²) in [4.78, 5) is 33.6. The number of nitrogens with zero attached hydrogens (tertiary/aromatic N) is 5. The smallest absolute Gasteiger partial charge is 0.219 e. The number of nitrogen functional groups attached to an aromatic ring is 1. The standard InChI is InChI=1S/C23H23ClN6O2/c1-15(31)29(13-16-12-17(28-32)8-9-19(16)24)10-4-5-11-30-14-26-21-22(30)18-6-2-3-7-20(18)27-23(21)25/h2-3,6-9,12,14H,4-5,10-11,13H2,1H3,(H2,25,27). The van der Waals surface area contributed by atoms with Gasteiger partial charge in [-0.15, -0.1) is 4.91 Å². The van der Waals surface area contributed by atoms with Crippen LogP contribution in [0.2, 0.25) is 5.02 Å². The highest BCUT2D eigenvalue weighted by molar-refractivity contribution is 6.31. The number of rotatable bonds is 8. The average Bonchev–Trinajstić information content (AvgIpc) is 3.22. The van der Waals surface area contributed by atoms with Gasteiger partial charge in [-0.25, -0.2) is 9.97 Å². The lowest BCUT2D eigenvalue weighted by atomic mass is 10.1. The SMILES string of the molecule is CC(=O)N(CCCCn1cnc2c(N)nc3ccccc3c21)Cc1cc(N=O)ccc1Cl. The van der Waals surface area contributed by atoms with E-state index in [-0.39, 0.29) is 5.91 Å². The van der Waals surface area contributed by atoms with Crippen LogP contribution in [0.5, 0.6) is 0 Å². The van der Waals surface area contributed by atoms with E-state index in [1.54, 1.807) is 29.4 Å². The van der Waals surface area contributed by atoms with Gasteiger partial charge in [0.1, 0.15) is 11.2 Å². The molecule has 0 atom stereocenters. The van der Waals surface area contributed by atoms with Crippen molar-refractivity contribution < 1.29 is 4.79 Å². The quantitative estimate of drug-likeness (QED) is 0.298. The number of fused-ring (bicyclic) bond motifs is 3. The molecule has 0 radical (unpaired) electrons. The van der Waals surface area contributed by atoms with Crippen LogP contribution >= 0.6 is 11.6 Å². The number of halogens is 1. The molecular formula is C23H23ClN6O2. The van der Waals surface area contributed by atoms with E-state index in [2.05, 4.69) is 19.7 Å². The van der Waals surface area contributed by atoms with Gasteiger partial charge in [-0.05, 0) is 47.8 Å². The Morgan fingerprint density at radius 3 is 2.81 bits per heavy atom. The molecule has 8 nitrogen and oxygen atoms in total. The van der Waals surface area contributed by atoms with Crippen molar-refractivity contribution in [3.05, 3.63) is 64.3 Å². The number of carbonyl (C=O) groups is 1. The molecule has 0 saturated carbocycles. The number of hydrogen-bond donors (Lipinski definition) is 1. The molecule has 0 bridgehead atoms. The van der Waals surface area contributed by atoms with Crippen LogP contribution in [0.25, 0.3) is 21.9 Å². The zero-order chi connectivity index (χ0) is 22.7. The van der Waals surface area contributed by atoms with Crippen molar-refractivity contribution in [1.29, 1.82) is 0 Å². The van der Waals surface area contributed by atoms with E-state index >= 15 is 0 Å². The van der Waals surface area contributed by atoms with Gasteiger partial charge in [0.2, 0.25) is 5.91 Å². The van der Waals surface area contributed by atoms with Gasteiger partial charge < -0.3 is 15.2 Å². The van der Waals surface area contributed by atoms with Crippen LogP contribution in [-0.4, -0.2) is 31.9 Å². The number of pyridine rings is 1. The number of hydrogen-bond acceptors (Lipinski definition) is 6. The minimum absolute atomic E-state index is 0.0524. The maximum Gasteiger partial charge on any atom is 0.219 e. The third-order valence-corrected chi connectivity index (χ3v) is 5.87. The Kier molecular flexibility index (Phi) is 6.32. The van der Waals surface area contributed by atoms with Gasteiger partial charge in [-0.3, -0.25) is 4.79 Å². The predicted molar refractivity (Wildman–Crippen MR) is 127 cm³/mol. The molecule has 9 heteroatoms. The molecule has 2 aromatic heterocycles. The molecule has 4 aromatic rings. The van der Waals surface area contributed by atoms with Gasteiger partial charge in [-0.1, -0.05) is 29.8 Å². The normalized spacial score (nSPS) is 11.2. The molecule has 4 rings (SSSR count). The minimum Gasteiger partial charge on any atom is -0.382 e. The van der Waals surface area contributed by atoms with Crippen LogP contribution in [0.4, 0.5) is 11.5 Å². The zero-order valence-corrected chi connectivity index (χ0v) is 18.4. The molecule has 32 heavy (non-hydrogen) atoms. The molecule has 0 aliphatic rings. The second kappa shape index (κ2) is 9.32. The number of carbonyl (C=O) groups excluding carboxylic acids is 1. The van der Waals surface area contributed by atoms with E-state index < -0.39 is 0 Å². The van der Waals surface area contributed by atoms with Crippen LogP contribution in [0.15, 0.2) is 54.0 Å². The zero-order valence-electron chi connectivity index (χ0n) is 17.7. The summed E-state index contributed by atoms with van der Waals surface area (Å²) in [5.74, 6) is 0.368. The predicted octanol–water partition coefficient (Wildman–Crippen LogP) is 5.05. The molecule has 0 unspecified atom stereocenters. The Hall–Kier alpha value is -3.52. The van der Waals surface area contributed by atoms with Crippen molar-refractivity contribution in [2.45, 2.75) is 32.9 Å². The number of para-hydroxylation sites is 1. The summed E-state index contributed by atoms with van der Waals surface area (Å²) >= 11 is 6.24. The van der Waals surface area contributed by atoms with E-state index in [4.69, 9.17) is 17.3 Å². The summed E-state index contributed by atoms with van der Waals surface area (Å²) < 4.78 is 2.09. The number of nitroso groups, excluding NO2 is 1. The minimum atomic E-state index is -0.0524. The topological polar surface area (TPSA) is 106 Å².